The number of nitrogens with one attached hydrogen (secondary N) is 1. The highest BCUT2D eigenvalue weighted by Gasteiger charge is 2.43. The van der Waals surface area contributed by atoms with Crippen molar-refractivity contribution in [1.29, 1.82) is 5.26 Å². The molecule has 1 saturated heterocycles. The van der Waals surface area contributed by atoms with Crippen LogP contribution in [0.5, 0.6) is 0 Å². The Kier molecular flexibility index (Phi) is 5.03. The molecule has 0 bridgehead atoms. The van der Waals surface area contributed by atoms with E-state index >= 15 is 0 Å². The molecule has 0 radical (unpaired) electrons. The molecule has 0 aromatic rings. The Balaban J connectivity index is 1.82. The summed E-state index contributed by atoms with van der Waals surface area (Å²) in [5, 5.41) is 12.5. The summed E-state index contributed by atoms with van der Waals surface area (Å²) >= 11 is 0. The molecule has 1 N–H and O–H groups in total. The van der Waals surface area contributed by atoms with E-state index < -0.39 is 0 Å². The lowest BCUT2D eigenvalue weighted by molar-refractivity contribution is 0.201. The van der Waals surface area contributed by atoms with Crippen LogP contribution in [-0.4, -0.2) is 37.1 Å². The van der Waals surface area contributed by atoms with E-state index in [9.17, 15) is 0 Å². The Hall–Kier alpha value is -0.590. The molecule has 0 spiro atoms. The highest BCUT2D eigenvalue weighted by atomic mass is 15.2. The number of hydrogen-bond donors (Lipinski definition) is 1. The Morgan fingerprint density at radius 3 is 2.83 bits per heavy atom. The first-order valence-electron chi connectivity index (χ1n) is 7.61. The van der Waals surface area contributed by atoms with Gasteiger partial charge in [0.15, 0.2) is 0 Å². The van der Waals surface area contributed by atoms with E-state index in [1.807, 2.05) is 0 Å². The summed E-state index contributed by atoms with van der Waals surface area (Å²) < 4.78 is 0. The van der Waals surface area contributed by atoms with Crippen LogP contribution in [0, 0.1) is 16.7 Å². The van der Waals surface area contributed by atoms with Gasteiger partial charge in [-0.25, -0.2) is 0 Å². The minimum atomic E-state index is 0.362. The lowest BCUT2D eigenvalue weighted by Gasteiger charge is -2.29. The van der Waals surface area contributed by atoms with Crippen LogP contribution in [0.2, 0.25) is 0 Å². The van der Waals surface area contributed by atoms with Crippen molar-refractivity contribution in [3.8, 4) is 6.07 Å². The lowest BCUT2D eigenvalue weighted by atomic mass is 10.0. The Labute approximate surface area is 112 Å². The summed E-state index contributed by atoms with van der Waals surface area (Å²) in [6.45, 7) is 7.00. The maximum absolute atomic E-state index is 8.93. The average Bonchev–Trinajstić information content (AvgIpc) is 2.91. The fourth-order valence-corrected chi connectivity index (χ4v) is 3.05. The van der Waals surface area contributed by atoms with Crippen molar-refractivity contribution in [2.75, 3.05) is 26.2 Å². The van der Waals surface area contributed by atoms with Gasteiger partial charge in [-0.05, 0) is 50.6 Å². The van der Waals surface area contributed by atoms with Gasteiger partial charge in [-0.1, -0.05) is 13.3 Å². The molecule has 1 aliphatic heterocycles. The van der Waals surface area contributed by atoms with E-state index in [1.54, 1.807) is 0 Å². The summed E-state index contributed by atoms with van der Waals surface area (Å²) in [6, 6.07) is 3.08. The SMILES string of the molecule is CCCCN(CC1CCCN1)CC1(CC#N)CC1. The van der Waals surface area contributed by atoms with Crippen molar-refractivity contribution >= 4 is 0 Å². The van der Waals surface area contributed by atoms with E-state index in [1.165, 1.54) is 58.2 Å². The van der Waals surface area contributed by atoms with Gasteiger partial charge in [-0.3, -0.25) is 0 Å². The molecule has 3 heteroatoms. The first kappa shape index (κ1) is 13.8. The molecule has 0 amide bonds. The monoisotopic (exact) mass is 249 g/mol. The molecule has 1 atom stereocenters. The average molecular weight is 249 g/mol. The van der Waals surface area contributed by atoms with Gasteiger partial charge in [0.25, 0.3) is 0 Å². The summed E-state index contributed by atoms with van der Waals surface area (Å²) in [4.78, 5) is 2.62. The van der Waals surface area contributed by atoms with Gasteiger partial charge in [-0.2, -0.15) is 5.26 Å². The van der Waals surface area contributed by atoms with E-state index in [-0.39, 0.29) is 0 Å². The molecule has 0 aromatic heterocycles. The molecule has 0 aromatic carbocycles. The highest BCUT2D eigenvalue weighted by molar-refractivity contribution is 5.01. The van der Waals surface area contributed by atoms with E-state index in [2.05, 4.69) is 23.2 Å². The molecular formula is C15H27N3. The number of nitriles is 1. The zero-order valence-corrected chi connectivity index (χ0v) is 11.7. The topological polar surface area (TPSA) is 39.1 Å². The van der Waals surface area contributed by atoms with Gasteiger partial charge < -0.3 is 10.2 Å². The zero-order valence-electron chi connectivity index (χ0n) is 11.7. The largest absolute Gasteiger partial charge is 0.313 e. The first-order chi connectivity index (χ1) is 8.78. The summed E-state index contributed by atoms with van der Waals surface area (Å²) in [5.41, 5.74) is 0.362. The van der Waals surface area contributed by atoms with Crippen LogP contribution in [0.4, 0.5) is 0 Å². The van der Waals surface area contributed by atoms with Crippen LogP contribution in [0.1, 0.15) is 51.9 Å². The number of nitrogens with zero attached hydrogens (tertiary/aromatic N) is 2. The second-order valence-electron chi connectivity index (χ2n) is 6.22. The fourth-order valence-electron chi connectivity index (χ4n) is 3.05. The minimum Gasteiger partial charge on any atom is -0.313 e. The van der Waals surface area contributed by atoms with E-state index in [0.29, 0.717) is 11.5 Å². The highest BCUT2D eigenvalue weighted by Crippen LogP contribution is 2.49. The smallest absolute Gasteiger partial charge is 0.0628 e. The maximum atomic E-state index is 8.93. The molecule has 1 saturated carbocycles. The molecule has 1 aliphatic carbocycles. The second-order valence-corrected chi connectivity index (χ2v) is 6.22. The molecular weight excluding hydrogens is 222 g/mol. The van der Waals surface area contributed by atoms with Crippen LogP contribution in [0.15, 0.2) is 0 Å². The van der Waals surface area contributed by atoms with Crippen molar-refractivity contribution in [1.82, 2.24) is 10.2 Å². The van der Waals surface area contributed by atoms with Gasteiger partial charge in [0, 0.05) is 25.6 Å². The standard InChI is InChI=1S/C15H27N3/c1-2-3-11-18(12-14-5-4-10-17-14)13-15(6-7-15)8-9-16/h14,17H,2-8,10-13H2,1H3. The van der Waals surface area contributed by atoms with Crippen LogP contribution in [0.3, 0.4) is 0 Å². The van der Waals surface area contributed by atoms with E-state index in [0.717, 1.165) is 13.0 Å². The molecule has 102 valence electrons. The zero-order chi connectivity index (χ0) is 12.8. The van der Waals surface area contributed by atoms with Crippen molar-refractivity contribution in [2.45, 2.75) is 57.9 Å². The van der Waals surface area contributed by atoms with Crippen molar-refractivity contribution in [3.63, 3.8) is 0 Å². The van der Waals surface area contributed by atoms with Gasteiger partial charge in [0.05, 0.1) is 6.07 Å². The predicted molar refractivity (Wildman–Crippen MR) is 74.3 cm³/mol. The van der Waals surface area contributed by atoms with Crippen molar-refractivity contribution < 1.29 is 0 Å². The van der Waals surface area contributed by atoms with Crippen molar-refractivity contribution in [2.24, 2.45) is 5.41 Å². The van der Waals surface area contributed by atoms with Gasteiger partial charge >= 0.3 is 0 Å². The van der Waals surface area contributed by atoms with Gasteiger partial charge in [-0.15, -0.1) is 0 Å². The summed E-state index contributed by atoms with van der Waals surface area (Å²) in [6.07, 6.45) is 8.50. The minimum absolute atomic E-state index is 0.362. The number of hydrogen-bond acceptors (Lipinski definition) is 3. The van der Waals surface area contributed by atoms with Crippen molar-refractivity contribution in [3.05, 3.63) is 0 Å². The molecule has 1 heterocycles. The molecule has 18 heavy (non-hydrogen) atoms. The molecule has 2 aliphatic rings. The first-order valence-corrected chi connectivity index (χ1v) is 7.61. The molecule has 1 unspecified atom stereocenters. The molecule has 2 rings (SSSR count). The fraction of sp³-hybridized carbons (Fsp3) is 0.933. The molecule has 3 nitrogen and oxygen atoms in total. The third-order valence-corrected chi connectivity index (χ3v) is 4.44. The quantitative estimate of drug-likeness (QED) is 0.718. The number of unbranched alkanes of at least 4 members (excludes halogenated alkanes) is 1. The van der Waals surface area contributed by atoms with E-state index in [4.69, 9.17) is 5.26 Å². The summed E-state index contributed by atoms with van der Waals surface area (Å²) in [5.74, 6) is 0. The van der Waals surface area contributed by atoms with Crippen LogP contribution in [0.25, 0.3) is 0 Å². The molecule has 2 fully saturated rings. The van der Waals surface area contributed by atoms with Crippen LogP contribution in [-0.2, 0) is 0 Å². The Morgan fingerprint density at radius 2 is 2.28 bits per heavy atom. The lowest BCUT2D eigenvalue weighted by Crippen LogP contribution is -2.41. The normalized spacial score (nSPS) is 25.3. The second kappa shape index (κ2) is 6.54. The maximum Gasteiger partial charge on any atom is 0.0628 e. The van der Waals surface area contributed by atoms with Gasteiger partial charge in [0.1, 0.15) is 0 Å². The third kappa shape index (κ3) is 3.96. The van der Waals surface area contributed by atoms with Gasteiger partial charge in [0.2, 0.25) is 0 Å². The third-order valence-electron chi connectivity index (χ3n) is 4.44. The number of rotatable bonds is 8. The Bertz CT molecular complexity index is 285. The van der Waals surface area contributed by atoms with Crippen LogP contribution >= 0.6 is 0 Å². The Morgan fingerprint density at radius 1 is 1.44 bits per heavy atom. The van der Waals surface area contributed by atoms with Crippen LogP contribution < -0.4 is 5.32 Å². The predicted octanol–water partition coefficient (Wildman–Crippen LogP) is 2.53. The summed E-state index contributed by atoms with van der Waals surface area (Å²) in [7, 11) is 0.